The SMILES string of the molecule is CCCCCCCCCCCC(=O)N(C)CC[N+](C)(C)CCCCC. The van der Waals surface area contributed by atoms with Gasteiger partial charge in [-0.15, -0.1) is 0 Å². The van der Waals surface area contributed by atoms with Crippen LogP contribution in [0.5, 0.6) is 0 Å². The maximum Gasteiger partial charge on any atom is 0.222 e. The highest BCUT2D eigenvalue weighted by Crippen LogP contribution is 2.11. The van der Waals surface area contributed by atoms with E-state index in [-0.39, 0.29) is 0 Å². The summed E-state index contributed by atoms with van der Waals surface area (Å²) in [6, 6.07) is 0. The molecule has 0 N–H and O–H groups in total. The fraction of sp³-hybridized carbons (Fsp3) is 0.955. The van der Waals surface area contributed by atoms with Crippen molar-refractivity contribution in [3.05, 3.63) is 0 Å². The number of amides is 1. The largest absolute Gasteiger partial charge is 0.340 e. The lowest BCUT2D eigenvalue weighted by Gasteiger charge is -2.31. The molecule has 0 unspecified atom stereocenters. The summed E-state index contributed by atoms with van der Waals surface area (Å²) < 4.78 is 1.02. The summed E-state index contributed by atoms with van der Waals surface area (Å²) in [5, 5.41) is 0. The fourth-order valence-electron chi connectivity index (χ4n) is 3.22. The van der Waals surface area contributed by atoms with Crippen molar-refractivity contribution in [1.82, 2.24) is 4.90 Å². The lowest BCUT2D eigenvalue weighted by Crippen LogP contribution is -2.46. The number of quaternary nitrogens is 1. The lowest BCUT2D eigenvalue weighted by atomic mass is 10.1. The van der Waals surface area contributed by atoms with Crippen LogP contribution in [-0.4, -0.2) is 56.1 Å². The van der Waals surface area contributed by atoms with E-state index in [0.29, 0.717) is 5.91 Å². The topological polar surface area (TPSA) is 20.3 Å². The number of carbonyl (C=O) groups excluding carboxylic acids is 1. The van der Waals surface area contributed by atoms with E-state index in [1.54, 1.807) is 0 Å². The zero-order chi connectivity index (χ0) is 19.0. The van der Waals surface area contributed by atoms with Gasteiger partial charge in [-0.05, 0) is 19.3 Å². The molecule has 0 aliphatic rings. The van der Waals surface area contributed by atoms with Gasteiger partial charge in [0.25, 0.3) is 0 Å². The van der Waals surface area contributed by atoms with Gasteiger partial charge in [0.2, 0.25) is 5.91 Å². The first kappa shape index (κ1) is 24.4. The molecular weight excluding hydrogens is 308 g/mol. The Morgan fingerprint density at radius 1 is 0.720 bits per heavy atom. The van der Waals surface area contributed by atoms with Crippen molar-refractivity contribution in [2.45, 2.75) is 97.3 Å². The van der Waals surface area contributed by atoms with Crippen LogP contribution in [0, 0.1) is 0 Å². The van der Waals surface area contributed by atoms with Crippen LogP contribution < -0.4 is 0 Å². The van der Waals surface area contributed by atoms with Gasteiger partial charge in [-0.3, -0.25) is 4.79 Å². The van der Waals surface area contributed by atoms with Crippen molar-refractivity contribution in [2.75, 3.05) is 40.8 Å². The number of carbonyl (C=O) groups is 1. The number of unbranched alkanes of at least 4 members (excludes halogenated alkanes) is 10. The third-order valence-electron chi connectivity index (χ3n) is 5.33. The maximum absolute atomic E-state index is 12.2. The molecular formula is C22H47N2O+. The third kappa shape index (κ3) is 15.4. The highest BCUT2D eigenvalue weighted by Gasteiger charge is 2.17. The van der Waals surface area contributed by atoms with Gasteiger partial charge in [0.15, 0.2) is 0 Å². The summed E-state index contributed by atoms with van der Waals surface area (Å²) in [6.45, 7) is 7.67. The second-order valence-electron chi connectivity index (χ2n) is 8.48. The Bertz CT molecular complexity index is 315. The van der Waals surface area contributed by atoms with Crippen LogP contribution in [0.3, 0.4) is 0 Å². The average Bonchev–Trinajstić information content (AvgIpc) is 2.58. The zero-order valence-corrected chi connectivity index (χ0v) is 18.1. The summed E-state index contributed by atoms with van der Waals surface area (Å²) in [7, 11) is 6.55. The van der Waals surface area contributed by atoms with E-state index in [4.69, 9.17) is 0 Å². The second kappa shape index (κ2) is 15.7. The zero-order valence-electron chi connectivity index (χ0n) is 18.1. The molecule has 0 heterocycles. The predicted octanol–water partition coefficient (Wildman–Crippen LogP) is 5.63. The number of hydrogen-bond donors (Lipinski definition) is 0. The van der Waals surface area contributed by atoms with Gasteiger partial charge in [-0.1, -0.05) is 71.6 Å². The van der Waals surface area contributed by atoms with E-state index in [1.165, 1.54) is 77.2 Å². The standard InChI is InChI=1S/C22H47N2O/c1-6-8-10-11-12-13-14-15-16-18-22(25)23(3)19-21-24(4,5)20-17-9-7-2/h6-21H2,1-5H3/q+1. The molecule has 0 aliphatic carbocycles. The molecule has 0 aromatic heterocycles. The molecule has 0 radical (unpaired) electrons. The molecule has 3 nitrogen and oxygen atoms in total. The smallest absolute Gasteiger partial charge is 0.222 e. The fourth-order valence-corrected chi connectivity index (χ4v) is 3.22. The van der Waals surface area contributed by atoms with Gasteiger partial charge in [0.1, 0.15) is 0 Å². The molecule has 0 fully saturated rings. The lowest BCUT2D eigenvalue weighted by molar-refractivity contribution is -0.889. The number of rotatable bonds is 17. The molecule has 0 rings (SSSR count). The molecule has 3 heteroatoms. The van der Waals surface area contributed by atoms with Gasteiger partial charge in [-0.25, -0.2) is 0 Å². The second-order valence-corrected chi connectivity index (χ2v) is 8.48. The molecule has 0 saturated heterocycles. The highest BCUT2D eigenvalue weighted by molar-refractivity contribution is 5.75. The van der Waals surface area contributed by atoms with E-state index < -0.39 is 0 Å². The minimum atomic E-state index is 0.330. The van der Waals surface area contributed by atoms with Gasteiger partial charge >= 0.3 is 0 Å². The van der Waals surface area contributed by atoms with Crippen molar-refractivity contribution in [3.63, 3.8) is 0 Å². The summed E-state index contributed by atoms with van der Waals surface area (Å²) >= 11 is 0. The normalized spacial score (nSPS) is 11.7. The number of nitrogens with zero attached hydrogens (tertiary/aromatic N) is 2. The molecule has 25 heavy (non-hydrogen) atoms. The third-order valence-corrected chi connectivity index (χ3v) is 5.33. The molecule has 1 amide bonds. The Labute approximate surface area is 158 Å². The molecule has 150 valence electrons. The van der Waals surface area contributed by atoms with E-state index in [1.807, 2.05) is 11.9 Å². The van der Waals surface area contributed by atoms with Crippen LogP contribution in [0.25, 0.3) is 0 Å². The quantitative estimate of drug-likeness (QED) is 0.244. The van der Waals surface area contributed by atoms with Crippen molar-refractivity contribution < 1.29 is 9.28 Å². The number of likely N-dealkylation sites (N-methyl/N-ethyl adjacent to an activating group) is 2. The first-order valence-electron chi connectivity index (χ1n) is 11.0. The van der Waals surface area contributed by atoms with Gasteiger partial charge in [0.05, 0.1) is 33.7 Å². The Morgan fingerprint density at radius 3 is 1.76 bits per heavy atom. The summed E-state index contributed by atoms with van der Waals surface area (Å²) in [6.07, 6.45) is 16.4. The Kier molecular flexibility index (Phi) is 15.3. The van der Waals surface area contributed by atoms with Crippen LogP contribution in [0.15, 0.2) is 0 Å². The minimum Gasteiger partial charge on any atom is -0.340 e. The first-order valence-corrected chi connectivity index (χ1v) is 11.0. The Morgan fingerprint density at radius 2 is 1.20 bits per heavy atom. The molecule has 0 aromatic rings. The van der Waals surface area contributed by atoms with E-state index in [9.17, 15) is 4.79 Å². The van der Waals surface area contributed by atoms with Crippen LogP contribution in [0.2, 0.25) is 0 Å². The molecule has 0 spiro atoms. The Balaban J connectivity index is 3.65. The van der Waals surface area contributed by atoms with Crippen LogP contribution in [0.1, 0.15) is 97.3 Å². The van der Waals surface area contributed by atoms with Crippen molar-refractivity contribution in [1.29, 1.82) is 0 Å². The van der Waals surface area contributed by atoms with E-state index in [0.717, 1.165) is 30.4 Å². The van der Waals surface area contributed by atoms with Crippen LogP contribution >= 0.6 is 0 Å². The van der Waals surface area contributed by atoms with Gasteiger partial charge in [-0.2, -0.15) is 0 Å². The van der Waals surface area contributed by atoms with Gasteiger partial charge in [0, 0.05) is 13.5 Å². The monoisotopic (exact) mass is 355 g/mol. The van der Waals surface area contributed by atoms with Crippen molar-refractivity contribution in [2.24, 2.45) is 0 Å². The van der Waals surface area contributed by atoms with Crippen molar-refractivity contribution in [3.8, 4) is 0 Å². The summed E-state index contributed by atoms with van der Waals surface area (Å²) in [5.41, 5.74) is 0. The highest BCUT2D eigenvalue weighted by atomic mass is 16.2. The molecule has 0 atom stereocenters. The predicted molar refractivity (Wildman–Crippen MR) is 111 cm³/mol. The molecule has 0 saturated carbocycles. The van der Waals surface area contributed by atoms with Crippen LogP contribution in [0.4, 0.5) is 0 Å². The van der Waals surface area contributed by atoms with Gasteiger partial charge < -0.3 is 9.38 Å². The van der Waals surface area contributed by atoms with E-state index >= 15 is 0 Å². The summed E-state index contributed by atoms with van der Waals surface area (Å²) in [4.78, 5) is 14.2. The molecule has 0 aliphatic heterocycles. The number of hydrogen-bond acceptors (Lipinski definition) is 1. The molecule has 0 bridgehead atoms. The maximum atomic E-state index is 12.2. The average molecular weight is 356 g/mol. The Hall–Kier alpha value is -0.570. The van der Waals surface area contributed by atoms with Crippen LogP contribution in [-0.2, 0) is 4.79 Å². The summed E-state index contributed by atoms with van der Waals surface area (Å²) in [5.74, 6) is 0.330. The molecule has 0 aromatic carbocycles. The first-order chi connectivity index (χ1) is 11.9. The van der Waals surface area contributed by atoms with E-state index in [2.05, 4.69) is 27.9 Å². The minimum absolute atomic E-state index is 0.330. The van der Waals surface area contributed by atoms with Crippen molar-refractivity contribution >= 4 is 5.91 Å².